The molecule has 1 unspecified atom stereocenters. The third kappa shape index (κ3) is 6.50. The summed E-state index contributed by atoms with van der Waals surface area (Å²) >= 11 is 5.95. The molecule has 1 aromatic carbocycles. The van der Waals surface area contributed by atoms with Crippen LogP contribution >= 0.6 is 11.6 Å². The van der Waals surface area contributed by atoms with E-state index in [1.165, 1.54) is 19.1 Å². The van der Waals surface area contributed by atoms with Gasteiger partial charge in [0.05, 0.1) is 5.57 Å². The first-order valence-corrected chi connectivity index (χ1v) is 9.80. The topological polar surface area (TPSA) is 146 Å². The number of alkyl halides is 3. The number of nitrogens with two attached hydrogens (primary N) is 1. The molecular weight excluding hydrogens is 457 g/mol. The van der Waals surface area contributed by atoms with E-state index in [-0.39, 0.29) is 41.7 Å². The lowest BCUT2D eigenvalue weighted by Crippen LogP contribution is -2.47. The lowest BCUT2D eigenvalue weighted by molar-refractivity contribution is -0.185. The van der Waals surface area contributed by atoms with E-state index in [4.69, 9.17) is 27.3 Å². The number of nitrogens with zero attached hydrogens (tertiary/aromatic N) is 1. The number of ether oxygens (including phenoxy) is 1. The number of unbranched alkanes of at least 4 members (excludes halogenated alkanes) is 1. The van der Waals surface area contributed by atoms with Crippen molar-refractivity contribution < 1.29 is 37.8 Å². The van der Waals surface area contributed by atoms with Gasteiger partial charge in [-0.25, -0.2) is 10.3 Å². The lowest BCUT2D eigenvalue weighted by Gasteiger charge is -2.30. The van der Waals surface area contributed by atoms with Gasteiger partial charge in [0.1, 0.15) is 11.8 Å². The van der Waals surface area contributed by atoms with E-state index < -0.39 is 35.8 Å². The van der Waals surface area contributed by atoms with E-state index in [0.29, 0.717) is 12.0 Å². The molecule has 2 atom stereocenters. The number of guanidine groups is 1. The number of aliphatic imine (C=N–C) groups is 1. The van der Waals surface area contributed by atoms with Gasteiger partial charge >= 0.3 is 12.1 Å². The smallest absolute Gasteiger partial charge is 0.429 e. The Balaban J connectivity index is 2.19. The average molecular weight is 479 g/mol. The highest BCUT2D eigenvalue weighted by atomic mass is 35.5. The van der Waals surface area contributed by atoms with Gasteiger partial charge in [-0.1, -0.05) is 11.6 Å². The normalized spacial score (nSPS) is 17.0. The Hall–Kier alpha value is -2.99. The van der Waals surface area contributed by atoms with Crippen LogP contribution in [0.3, 0.4) is 0 Å². The number of rotatable bonds is 8. The number of amides is 1. The first-order chi connectivity index (χ1) is 14.9. The van der Waals surface area contributed by atoms with Crippen LogP contribution in [0.2, 0.25) is 5.02 Å². The minimum absolute atomic E-state index is 0.0553. The number of fused-ring (bicyclic) bond motifs is 1. The number of halogens is 4. The second kappa shape index (κ2) is 10.6. The van der Waals surface area contributed by atoms with Gasteiger partial charge in [0.15, 0.2) is 0 Å². The first kappa shape index (κ1) is 25.3. The third-order valence-corrected chi connectivity index (χ3v) is 4.78. The first-order valence-electron chi connectivity index (χ1n) is 9.42. The fraction of sp³-hybridized carbons (Fsp3) is 0.421. The Kier molecular flexibility index (Phi) is 8.33. The van der Waals surface area contributed by atoms with Crippen LogP contribution in [-0.4, -0.2) is 53.0 Å². The van der Waals surface area contributed by atoms with E-state index in [2.05, 4.69) is 10.3 Å². The molecule has 0 fully saturated rings. The summed E-state index contributed by atoms with van der Waals surface area (Å²) in [4.78, 5) is 27.9. The SMILES string of the molecule is Cc1cc(Cl)cc2c1O[C@H](C(F)(F)F)C(C(=O)NC(CCCCN=C(N)NO)C(=O)O)=C2. The van der Waals surface area contributed by atoms with Gasteiger partial charge in [-0.15, -0.1) is 0 Å². The van der Waals surface area contributed by atoms with Gasteiger partial charge in [0.25, 0.3) is 5.91 Å². The van der Waals surface area contributed by atoms with Crippen LogP contribution in [0.25, 0.3) is 6.08 Å². The molecule has 0 radical (unpaired) electrons. The zero-order chi connectivity index (χ0) is 24.1. The van der Waals surface area contributed by atoms with Crippen molar-refractivity contribution in [2.75, 3.05) is 6.54 Å². The van der Waals surface area contributed by atoms with Crippen molar-refractivity contribution in [2.45, 2.75) is 44.5 Å². The maximum Gasteiger partial charge on any atom is 0.429 e. The van der Waals surface area contributed by atoms with Gasteiger partial charge in [0, 0.05) is 17.1 Å². The molecule has 0 aliphatic carbocycles. The van der Waals surface area contributed by atoms with Crippen LogP contribution in [0.15, 0.2) is 22.7 Å². The number of carbonyl (C=O) groups excluding carboxylic acids is 1. The molecule has 0 saturated heterocycles. The van der Waals surface area contributed by atoms with E-state index in [9.17, 15) is 27.9 Å². The number of carboxylic acids is 1. The van der Waals surface area contributed by atoms with Gasteiger partial charge < -0.3 is 20.9 Å². The number of carboxylic acid groups (broad SMARTS) is 1. The molecule has 6 N–H and O–H groups in total. The maximum atomic E-state index is 13.6. The molecule has 2 rings (SSSR count). The standard InChI is InChI=1S/C19H22ClF3N4O5/c1-9-6-11(20)7-10-8-12(15(19(21,22)23)32-14(9)10)16(28)26-13(17(29)30)4-2-3-5-25-18(24)27-31/h6-8,13,15,31H,2-5H2,1H3,(H,26,28)(H,29,30)(H3,24,25,27)/t13?,15-/m0/s1. The molecular formula is C19H22ClF3N4O5. The summed E-state index contributed by atoms with van der Waals surface area (Å²) in [6.45, 7) is 1.69. The van der Waals surface area contributed by atoms with Gasteiger partial charge in [-0.2, -0.15) is 13.2 Å². The quantitative estimate of drug-likeness (QED) is 0.167. The van der Waals surface area contributed by atoms with E-state index in [0.717, 1.165) is 6.08 Å². The highest BCUT2D eigenvalue weighted by Crippen LogP contribution is 2.40. The molecule has 0 aromatic heterocycles. The summed E-state index contributed by atoms with van der Waals surface area (Å²) in [6.07, 6.45) is -5.89. The van der Waals surface area contributed by atoms with Gasteiger partial charge in [-0.3, -0.25) is 15.0 Å². The lowest BCUT2D eigenvalue weighted by atomic mass is 9.98. The highest BCUT2D eigenvalue weighted by Gasteiger charge is 2.48. The molecule has 0 saturated carbocycles. The molecule has 176 valence electrons. The van der Waals surface area contributed by atoms with Crippen molar-refractivity contribution in [2.24, 2.45) is 10.7 Å². The average Bonchev–Trinajstić information content (AvgIpc) is 2.70. The van der Waals surface area contributed by atoms with E-state index in [1.54, 1.807) is 5.48 Å². The van der Waals surface area contributed by atoms with Gasteiger partial charge in [-0.05, 0) is 50.0 Å². The summed E-state index contributed by atoms with van der Waals surface area (Å²) in [5.41, 5.74) is 6.63. The van der Waals surface area contributed by atoms with Crippen LogP contribution < -0.4 is 21.3 Å². The Bertz CT molecular complexity index is 936. The van der Waals surface area contributed by atoms with Crippen molar-refractivity contribution in [1.82, 2.24) is 10.8 Å². The Morgan fingerprint density at radius 1 is 1.34 bits per heavy atom. The molecule has 9 nitrogen and oxygen atoms in total. The van der Waals surface area contributed by atoms with Crippen LogP contribution in [0, 0.1) is 6.92 Å². The molecule has 1 aliphatic rings. The maximum absolute atomic E-state index is 13.6. The Labute approximate surface area is 186 Å². The second-order valence-corrected chi connectivity index (χ2v) is 7.46. The molecule has 1 aromatic rings. The Morgan fingerprint density at radius 3 is 2.62 bits per heavy atom. The number of nitrogens with one attached hydrogen (secondary N) is 2. The van der Waals surface area contributed by atoms with Crippen LogP contribution in [-0.2, 0) is 9.59 Å². The number of hydroxylamine groups is 1. The van der Waals surface area contributed by atoms with Crippen molar-refractivity contribution in [3.05, 3.63) is 33.9 Å². The minimum atomic E-state index is -4.91. The molecule has 1 amide bonds. The second-order valence-electron chi connectivity index (χ2n) is 7.02. The van der Waals surface area contributed by atoms with Crippen molar-refractivity contribution in [1.29, 1.82) is 0 Å². The zero-order valence-electron chi connectivity index (χ0n) is 16.9. The van der Waals surface area contributed by atoms with E-state index >= 15 is 0 Å². The van der Waals surface area contributed by atoms with E-state index in [1.807, 2.05) is 0 Å². The molecule has 1 heterocycles. The number of hydrogen-bond acceptors (Lipinski definition) is 5. The van der Waals surface area contributed by atoms with Gasteiger partial charge in [0.2, 0.25) is 12.1 Å². The number of aliphatic carboxylic acids is 1. The summed E-state index contributed by atoms with van der Waals surface area (Å²) in [5.74, 6) is -2.89. The number of benzene rings is 1. The molecule has 0 bridgehead atoms. The fourth-order valence-corrected chi connectivity index (χ4v) is 3.35. The summed E-state index contributed by atoms with van der Waals surface area (Å²) in [7, 11) is 0. The summed E-state index contributed by atoms with van der Waals surface area (Å²) in [6, 6.07) is 1.35. The molecule has 1 aliphatic heterocycles. The van der Waals surface area contributed by atoms with Crippen LogP contribution in [0.4, 0.5) is 13.2 Å². The third-order valence-electron chi connectivity index (χ3n) is 4.56. The Morgan fingerprint density at radius 2 is 2.03 bits per heavy atom. The zero-order valence-corrected chi connectivity index (χ0v) is 17.6. The molecule has 13 heteroatoms. The summed E-state index contributed by atoms with van der Waals surface area (Å²) in [5, 5.41) is 20.2. The fourth-order valence-electron chi connectivity index (χ4n) is 3.07. The number of aryl methyl sites for hydroxylation is 1. The predicted molar refractivity (Wildman–Crippen MR) is 109 cm³/mol. The monoisotopic (exact) mass is 478 g/mol. The minimum Gasteiger partial charge on any atom is -0.480 e. The largest absolute Gasteiger partial charge is 0.480 e. The predicted octanol–water partition coefficient (Wildman–Crippen LogP) is 2.39. The summed E-state index contributed by atoms with van der Waals surface area (Å²) < 4.78 is 45.9. The molecule has 0 spiro atoms. The van der Waals surface area contributed by atoms with Crippen molar-refractivity contribution in [3.63, 3.8) is 0 Å². The van der Waals surface area contributed by atoms with Crippen molar-refractivity contribution >= 4 is 35.5 Å². The number of hydrogen-bond donors (Lipinski definition) is 5. The molecule has 32 heavy (non-hydrogen) atoms. The van der Waals surface area contributed by atoms with Crippen molar-refractivity contribution in [3.8, 4) is 5.75 Å². The van der Waals surface area contributed by atoms with Crippen LogP contribution in [0.5, 0.6) is 5.75 Å². The van der Waals surface area contributed by atoms with Crippen LogP contribution in [0.1, 0.15) is 30.4 Å². The highest BCUT2D eigenvalue weighted by molar-refractivity contribution is 6.30. The number of carbonyl (C=O) groups is 2.